The van der Waals surface area contributed by atoms with Crippen LogP contribution in [0.3, 0.4) is 0 Å². The van der Waals surface area contributed by atoms with Gasteiger partial charge in [-0.2, -0.15) is 5.10 Å². The summed E-state index contributed by atoms with van der Waals surface area (Å²) in [7, 11) is 0. The molecule has 1 saturated heterocycles. The highest BCUT2D eigenvalue weighted by molar-refractivity contribution is 7.22. The number of amides is 1. The molecule has 0 aliphatic carbocycles. The zero-order valence-electron chi connectivity index (χ0n) is 24.3. The summed E-state index contributed by atoms with van der Waals surface area (Å²) in [5.74, 6) is 1.19. The second-order valence-electron chi connectivity index (χ2n) is 11.1. The third-order valence-electron chi connectivity index (χ3n) is 7.95. The van der Waals surface area contributed by atoms with Gasteiger partial charge < -0.3 is 16.0 Å². The number of nitrogens with one attached hydrogen (secondary N) is 1. The average Bonchev–Trinajstić information content (AvgIpc) is 3.57. The lowest BCUT2D eigenvalue weighted by molar-refractivity contribution is -0.114. The molecule has 1 fully saturated rings. The number of fused-ring (bicyclic) bond motifs is 3. The summed E-state index contributed by atoms with van der Waals surface area (Å²) >= 11 is 1.42. The quantitative estimate of drug-likeness (QED) is 0.281. The number of carbonyl (C=O) groups is 1. The van der Waals surface area contributed by atoms with E-state index in [-0.39, 0.29) is 5.91 Å². The lowest BCUT2D eigenvalue weighted by Crippen LogP contribution is -2.49. The summed E-state index contributed by atoms with van der Waals surface area (Å²) in [6.07, 6.45) is 1.48. The van der Waals surface area contributed by atoms with Crippen molar-refractivity contribution in [1.29, 1.82) is 0 Å². The molecule has 0 bridgehead atoms. The summed E-state index contributed by atoms with van der Waals surface area (Å²) in [5.41, 5.74) is 11.5. The summed E-state index contributed by atoms with van der Waals surface area (Å²) < 4.78 is 2.84. The average molecular weight is 593 g/mol. The van der Waals surface area contributed by atoms with Crippen LogP contribution in [0.25, 0.3) is 43.4 Å². The zero-order chi connectivity index (χ0) is 29.7. The first-order valence-corrected chi connectivity index (χ1v) is 15.2. The van der Waals surface area contributed by atoms with Crippen molar-refractivity contribution in [1.82, 2.24) is 34.6 Å². The Labute approximate surface area is 252 Å². The fourth-order valence-corrected chi connectivity index (χ4v) is 6.72. The maximum Gasteiger partial charge on any atom is 0.223 e. The minimum Gasteiger partial charge on any atom is -0.383 e. The lowest BCUT2D eigenvalue weighted by atomic mass is 10.1. The van der Waals surface area contributed by atoms with Crippen LogP contribution in [0.5, 0.6) is 0 Å². The number of carbonyl (C=O) groups excluding carboxylic acids is 1. The van der Waals surface area contributed by atoms with E-state index in [1.165, 1.54) is 24.6 Å². The number of piperazine rings is 1. The number of anilines is 3. The second-order valence-corrected chi connectivity index (χ2v) is 12.2. The van der Waals surface area contributed by atoms with Crippen molar-refractivity contribution in [3.8, 4) is 11.3 Å². The highest BCUT2D eigenvalue weighted by Crippen LogP contribution is 2.35. The Morgan fingerprint density at radius 2 is 1.84 bits per heavy atom. The number of nitrogen functional groups attached to an aromatic ring is 1. The second kappa shape index (κ2) is 10.9. The van der Waals surface area contributed by atoms with Crippen LogP contribution in [0.1, 0.15) is 26.3 Å². The van der Waals surface area contributed by atoms with Gasteiger partial charge in [0, 0.05) is 55.7 Å². The molecule has 0 atom stereocenters. The number of thiazole rings is 1. The van der Waals surface area contributed by atoms with E-state index >= 15 is 0 Å². The molecule has 1 amide bonds. The maximum atomic E-state index is 11.6. The number of rotatable bonds is 6. The minimum absolute atomic E-state index is 0.154. The number of aromatic nitrogens is 6. The van der Waals surface area contributed by atoms with E-state index in [1.807, 2.05) is 35.0 Å². The molecule has 1 aliphatic heterocycles. The van der Waals surface area contributed by atoms with E-state index < -0.39 is 0 Å². The SMILES string of the molecule is CC(=O)Nc1nc2ccc(-c3nn(Cc4cc5ccccc5nc4N4CCN(C(C)C)CC4)c4ncnc(N)c34)cc2s1. The molecule has 218 valence electrons. The Kier molecular flexibility index (Phi) is 6.86. The Balaban J connectivity index is 1.31. The molecule has 4 aromatic heterocycles. The molecule has 3 N–H and O–H groups in total. The molecule has 0 saturated carbocycles. The van der Waals surface area contributed by atoms with Crippen molar-refractivity contribution in [3.05, 3.63) is 60.4 Å². The normalized spacial score (nSPS) is 14.4. The van der Waals surface area contributed by atoms with Crippen LogP contribution in [0.15, 0.2) is 54.9 Å². The monoisotopic (exact) mass is 592 g/mol. The van der Waals surface area contributed by atoms with Crippen molar-refractivity contribution in [2.75, 3.05) is 42.1 Å². The number of nitrogens with zero attached hydrogens (tertiary/aromatic N) is 8. The van der Waals surface area contributed by atoms with Crippen molar-refractivity contribution in [3.63, 3.8) is 0 Å². The molecule has 12 heteroatoms. The summed E-state index contributed by atoms with van der Waals surface area (Å²) in [6.45, 7) is 10.2. The van der Waals surface area contributed by atoms with Crippen LogP contribution in [-0.2, 0) is 11.3 Å². The summed E-state index contributed by atoms with van der Waals surface area (Å²) in [5, 5.41) is 10.2. The molecule has 2 aromatic carbocycles. The van der Waals surface area contributed by atoms with Gasteiger partial charge in [0.05, 0.1) is 27.7 Å². The molecule has 5 heterocycles. The van der Waals surface area contributed by atoms with E-state index in [0.29, 0.717) is 40.3 Å². The molecule has 6 aromatic rings. The fraction of sp³-hybridized carbons (Fsp3) is 0.290. The van der Waals surface area contributed by atoms with Crippen molar-refractivity contribution >= 4 is 66.2 Å². The molecule has 43 heavy (non-hydrogen) atoms. The number of hydrogen-bond acceptors (Lipinski definition) is 10. The largest absolute Gasteiger partial charge is 0.383 e. The highest BCUT2D eigenvalue weighted by Gasteiger charge is 2.24. The van der Waals surface area contributed by atoms with Gasteiger partial charge in [-0.3, -0.25) is 9.69 Å². The number of hydrogen-bond donors (Lipinski definition) is 2. The molecule has 11 nitrogen and oxygen atoms in total. The van der Waals surface area contributed by atoms with Crippen molar-refractivity contribution in [2.45, 2.75) is 33.4 Å². The molecule has 1 aliphatic rings. The van der Waals surface area contributed by atoms with Crippen molar-refractivity contribution < 1.29 is 4.79 Å². The van der Waals surface area contributed by atoms with Crippen molar-refractivity contribution in [2.24, 2.45) is 0 Å². The van der Waals surface area contributed by atoms with E-state index in [4.69, 9.17) is 15.8 Å². The van der Waals surface area contributed by atoms with Gasteiger partial charge in [-0.15, -0.1) is 0 Å². The smallest absolute Gasteiger partial charge is 0.223 e. The van der Waals surface area contributed by atoms with Gasteiger partial charge >= 0.3 is 0 Å². The van der Waals surface area contributed by atoms with Gasteiger partial charge in [-0.05, 0) is 38.1 Å². The standard InChI is InChI=1S/C31H32N10OS/c1-18(2)39-10-12-40(13-11-39)29-22(14-20-6-4-5-7-23(20)36-29)16-41-30-26(28(32)33-17-34-30)27(38-41)21-8-9-24-25(15-21)43-31(37-24)35-19(3)42/h4-9,14-15,17-18H,10-13,16H2,1-3H3,(H2,32,33,34)(H,35,37,42). The number of benzene rings is 2. The first-order valence-electron chi connectivity index (χ1n) is 14.4. The van der Waals surface area contributed by atoms with E-state index in [9.17, 15) is 4.79 Å². The summed E-state index contributed by atoms with van der Waals surface area (Å²) in [4.78, 5) is 35.1. The van der Waals surface area contributed by atoms with Crippen LogP contribution >= 0.6 is 11.3 Å². The van der Waals surface area contributed by atoms with Gasteiger partial charge in [0.1, 0.15) is 23.7 Å². The number of nitrogens with two attached hydrogens (primary N) is 1. The van der Waals surface area contributed by atoms with Crippen LogP contribution < -0.4 is 16.0 Å². The maximum absolute atomic E-state index is 11.6. The van der Waals surface area contributed by atoms with E-state index in [0.717, 1.165) is 64.2 Å². The topological polar surface area (TPSA) is 131 Å². The third kappa shape index (κ3) is 5.12. The van der Waals surface area contributed by atoms with Crippen LogP contribution in [0.4, 0.5) is 16.8 Å². The number of para-hydroxylation sites is 1. The minimum atomic E-state index is -0.154. The van der Waals surface area contributed by atoms with Gasteiger partial charge in [0.25, 0.3) is 0 Å². The first-order chi connectivity index (χ1) is 20.8. The van der Waals surface area contributed by atoms with Gasteiger partial charge in [-0.1, -0.05) is 35.6 Å². The summed E-state index contributed by atoms with van der Waals surface area (Å²) in [6, 6.07) is 16.9. The first kappa shape index (κ1) is 27.2. The zero-order valence-corrected chi connectivity index (χ0v) is 25.1. The molecular formula is C31H32N10OS. The number of pyridine rings is 1. The van der Waals surface area contributed by atoms with Crippen LogP contribution in [0, 0.1) is 0 Å². The molecule has 0 unspecified atom stereocenters. The Bertz CT molecular complexity index is 1990. The predicted molar refractivity (Wildman–Crippen MR) is 172 cm³/mol. The van der Waals surface area contributed by atoms with Crippen LogP contribution in [0.2, 0.25) is 0 Å². The lowest BCUT2D eigenvalue weighted by Gasteiger charge is -2.38. The van der Waals surface area contributed by atoms with Gasteiger partial charge in [0.15, 0.2) is 10.8 Å². The van der Waals surface area contributed by atoms with E-state index in [1.54, 1.807) is 0 Å². The third-order valence-corrected chi connectivity index (χ3v) is 8.88. The Hall–Kier alpha value is -4.68. The molecular weight excluding hydrogens is 560 g/mol. The van der Waals surface area contributed by atoms with Crippen LogP contribution in [-0.4, -0.2) is 72.7 Å². The van der Waals surface area contributed by atoms with Gasteiger partial charge in [0.2, 0.25) is 5.91 Å². The molecule has 7 rings (SSSR count). The molecule has 0 radical (unpaired) electrons. The predicted octanol–water partition coefficient (Wildman–Crippen LogP) is 4.77. The Morgan fingerprint density at radius 1 is 1.02 bits per heavy atom. The fourth-order valence-electron chi connectivity index (χ4n) is 5.77. The molecule has 0 spiro atoms. The Morgan fingerprint density at radius 3 is 2.63 bits per heavy atom. The van der Waals surface area contributed by atoms with E-state index in [2.05, 4.69) is 62.1 Å². The highest BCUT2D eigenvalue weighted by atomic mass is 32.1. The van der Waals surface area contributed by atoms with Gasteiger partial charge in [-0.25, -0.2) is 24.6 Å².